The number of aromatic nitrogens is 3. The van der Waals surface area contributed by atoms with Crippen LogP contribution in [0.3, 0.4) is 0 Å². The average Bonchev–Trinajstić information content (AvgIpc) is 2.61. The van der Waals surface area contributed by atoms with E-state index in [1.807, 2.05) is 31.0 Å². The van der Waals surface area contributed by atoms with E-state index >= 15 is 0 Å². The number of hydrogen-bond donors (Lipinski definition) is 0. The standard InChI is InChI=1S/C19H17ClN4O/c1-13-3-14(9-21-8-13)4-19(25)15-5-16(20)7-17(6-15)24(2)18-10-22-12-23-11-18/h3,5-12H,4H2,1-2H3. The highest BCUT2D eigenvalue weighted by molar-refractivity contribution is 6.31. The lowest BCUT2D eigenvalue weighted by molar-refractivity contribution is 0.0993. The summed E-state index contributed by atoms with van der Waals surface area (Å²) < 4.78 is 0. The van der Waals surface area contributed by atoms with Gasteiger partial charge < -0.3 is 4.90 Å². The van der Waals surface area contributed by atoms with Crippen LogP contribution in [0.5, 0.6) is 0 Å². The van der Waals surface area contributed by atoms with Crippen molar-refractivity contribution in [3.63, 3.8) is 0 Å². The molecule has 0 spiro atoms. The minimum Gasteiger partial charge on any atom is -0.342 e. The number of ketones is 1. The highest BCUT2D eigenvalue weighted by Gasteiger charge is 2.13. The molecule has 25 heavy (non-hydrogen) atoms. The topological polar surface area (TPSA) is 59.0 Å². The Hall–Kier alpha value is -2.79. The van der Waals surface area contributed by atoms with Crippen LogP contribution >= 0.6 is 11.6 Å². The zero-order chi connectivity index (χ0) is 17.8. The van der Waals surface area contributed by atoms with Gasteiger partial charge >= 0.3 is 0 Å². The first-order valence-corrected chi connectivity index (χ1v) is 8.14. The first kappa shape index (κ1) is 17.0. The van der Waals surface area contributed by atoms with Crippen LogP contribution in [0.4, 0.5) is 11.4 Å². The lowest BCUT2D eigenvalue weighted by Gasteiger charge is -2.19. The van der Waals surface area contributed by atoms with Crippen LogP contribution in [0.25, 0.3) is 0 Å². The Morgan fingerprint density at radius 3 is 2.48 bits per heavy atom. The number of anilines is 2. The van der Waals surface area contributed by atoms with Gasteiger partial charge in [-0.2, -0.15) is 0 Å². The molecule has 0 amide bonds. The van der Waals surface area contributed by atoms with E-state index in [1.165, 1.54) is 6.33 Å². The molecule has 0 aliphatic rings. The molecule has 0 saturated carbocycles. The normalized spacial score (nSPS) is 10.5. The maximum Gasteiger partial charge on any atom is 0.167 e. The van der Waals surface area contributed by atoms with Gasteiger partial charge in [-0.3, -0.25) is 9.78 Å². The zero-order valence-electron chi connectivity index (χ0n) is 14.0. The Bertz CT molecular complexity index is 899. The molecule has 0 aliphatic heterocycles. The van der Waals surface area contributed by atoms with Crippen LogP contribution in [0, 0.1) is 6.92 Å². The third-order valence-corrected chi connectivity index (χ3v) is 4.04. The van der Waals surface area contributed by atoms with Gasteiger partial charge in [-0.25, -0.2) is 9.97 Å². The summed E-state index contributed by atoms with van der Waals surface area (Å²) in [6.45, 7) is 1.95. The second-order valence-electron chi connectivity index (χ2n) is 5.82. The molecule has 5 nitrogen and oxygen atoms in total. The van der Waals surface area contributed by atoms with Gasteiger partial charge in [0, 0.05) is 42.1 Å². The minimum atomic E-state index is -0.00568. The average molecular weight is 353 g/mol. The molecule has 1 aromatic carbocycles. The molecule has 0 bridgehead atoms. The van der Waals surface area contributed by atoms with Crippen LogP contribution < -0.4 is 4.90 Å². The SMILES string of the molecule is Cc1cncc(CC(=O)c2cc(Cl)cc(N(C)c3cncnc3)c2)c1. The maximum atomic E-state index is 12.7. The van der Waals surface area contributed by atoms with Crippen molar-refractivity contribution in [2.45, 2.75) is 13.3 Å². The summed E-state index contributed by atoms with van der Waals surface area (Å²) in [5.41, 5.74) is 4.09. The number of nitrogens with zero attached hydrogens (tertiary/aromatic N) is 4. The Balaban J connectivity index is 1.87. The van der Waals surface area contributed by atoms with Crippen molar-refractivity contribution < 1.29 is 4.79 Å². The highest BCUT2D eigenvalue weighted by Crippen LogP contribution is 2.27. The summed E-state index contributed by atoms with van der Waals surface area (Å²) in [4.78, 5) is 26.7. The van der Waals surface area contributed by atoms with Gasteiger partial charge in [0.15, 0.2) is 5.78 Å². The highest BCUT2D eigenvalue weighted by atomic mass is 35.5. The fraction of sp³-hybridized carbons (Fsp3) is 0.158. The van der Waals surface area contributed by atoms with Crippen LogP contribution in [-0.2, 0) is 6.42 Å². The van der Waals surface area contributed by atoms with Gasteiger partial charge in [0.05, 0.1) is 18.1 Å². The van der Waals surface area contributed by atoms with Crippen molar-refractivity contribution in [1.29, 1.82) is 0 Å². The first-order chi connectivity index (χ1) is 12.0. The number of carbonyl (C=O) groups excluding carboxylic acids is 1. The largest absolute Gasteiger partial charge is 0.342 e. The van der Waals surface area contributed by atoms with E-state index < -0.39 is 0 Å². The molecular weight excluding hydrogens is 336 g/mol. The van der Waals surface area contributed by atoms with Gasteiger partial charge in [-0.1, -0.05) is 17.7 Å². The molecule has 3 aromatic rings. The molecule has 0 N–H and O–H groups in total. The molecule has 0 radical (unpaired) electrons. The number of pyridine rings is 1. The van der Waals surface area contributed by atoms with E-state index in [0.29, 0.717) is 10.6 Å². The van der Waals surface area contributed by atoms with E-state index in [9.17, 15) is 4.79 Å². The molecule has 0 saturated heterocycles. The molecule has 2 heterocycles. The Kier molecular flexibility index (Phi) is 5.05. The third kappa shape index (κ3) is 4.19. The van der Waals surface area contributed by atoms with E-state index in [4.69, 9.17) is 11.6 Å². The van der Waals surface area contributed by atoms with Crippen molar-refractivity contribution in [3.05, 3.63) is 77.1 Å². The van der Waals surface area contributed by atoms with E-state index in [2.05, 4.69) is 15.0 Å². The molecule has 0 fully saturated rings. The van der Waals surface area contributed by atoms with Crippen molar-refractivity contribution in [2.75, 3.05) is 11.9 Å². The van der Waals surface area contributed by atoms with Crippen LogP contribution in [0.2, 0.25) is 5.02 Å². The maximum absolute atomic E-state index is 12.7. The molecule has 6 heteroatoms. The number of rotatable bonds is 5. The van der Waals surface area contributed by atoms with Crippen molar-refractivity contribution in [3.8, 4) is 0 Å². The first-order valence-electron chi connectivity index (χ1n) is 7.76. The monoisotopic (exact) mass is 352 g/mol. The number of aryl methyl sites for hydroxylation is 1. The summed E-state index contributed by atoms with van der Waals surface area (Å²) >= 11 is 6.23. The summed E-state index contributed by atoms with van der Waals surface area (Å²) in [6.07, 6.45) is 8.64. The zero-order valence-corrected chi connectivity index (χ0v) is 14.7. The minimum absolute atomic E-state index is 0.00568. The summed E-state index contributed by atoms with van der Waals surface area (Å²) in [7, 11) is 1.88. The number of benzene rings is 1. The molecule has 2 aromatic heterocycles. The van der Waals surface area contributed by atoms with Crippen LogP contribution in [0.1, 0.15) is 21.5 Å². The number of Topliss-reactive ketones (excluding diaryl/α,β-unsaturated/α-hetero) is 1. The second kappa shape index (κ2) is 7.40. The smallest absolute Gasteiger partial charge is 0.167 e. The van der Waals surface area contributed by atoms with Gasteiger partial charge in [0.1, 0.15) is 6.33 Å². The molecule has 0 aliphatic carbocycles. The summed E-state index contributed by atoms with van der Waals surface area (Å²) in [5.74, 6) is -0.00568. The molecular formula is C19H17ClN4O. The second-order valence-corrected chi connectivity index (χ2v) is 6.26. The number of halogens is 1. The fourth-order valence-electron chi connectivity index (χ4n) is 2.54. The van der Waals surface area contributed by atoms with Gasteiger partial charge in [0.2, 0.25) is 0 Å². The Labute approximate surface area is 151 Å². The molecule has 126 valence electrons. The molecule has 0 unspecified atom stereocenters. The Morgan fingerprint density at radius 2 is 1.76 bits per heavy atom. The molecule has 0 atom stereocenters. The third-order valence-electron chi connectivity index (χ3n) is 3.82. The lowest BCUT2D eigenvalue weighted by Crippen LogP contribution is -2.12. The van der Waals surface area contributed by atoms with Crippen molar-refractivity contribution in [1.82, 2.24) is 15.0 Å². The molecule has 3 rings (SSSR count). The van der Waals surface area contributed by atoms with Crippen LogP contribution in [0.15, 0.2) is 55.4 Å². The van der Waals surface area contributed by atoms with Gasteiger partial charge in [-0.15, -0.1) is 0 Å². The number of hydrogen-bond acceptors (Lipinski definition) is 5. The van der Waals surface area contributed by atoms with E-state index in [0.717, 1.165) is 22.5 Å². The lowest BCUT2D eigenvalue weighted by atomic mass is 10.0. The summed E-state index contributed by atoms with van der Waals surface area (Å²) in [5, 5.41) is 0.506. The quantitative estimate of drug-likeness (QED) is 0.649. The predicted octanol–water partition coefficient (Wildman–Crippen LogP) is 4.03. The number of carbonyl (C=O) groups is 1. The van der Waals surface area contributed by atoms with Crippen molar-refractivity contribution >= 4 is 28.8 Å². The predicted molar refractivity (Wildman–Crippen MR) is 98.6 cm³/mol. The van der Waals surface area contributed by atoms with Gasteiger partial charge in [0.25, 0.3) is 0 Å². The fourth-order valence-corrected chi connectivity index (χ4v) is 2.77. The van der Waals surface area contributed by atoms with Crippen LogP contribution in [-0.4, -0.2) is 27.8 Å². The Morgan fingerprint density at radius 1 is 1.00 bits per heavy atom. The van der Waals surface area contributed by atoms with Gasteiger partial charge in [-0.05, 0) is 36.2 Å². The van der Waals surface area contributed by atoms with Crippen molar-refractivity contribution in [2.24, 2.45) is 0 Å². The van der Waals surface area contributed by atoms with E-state index in [-0.39, 0.29) is 12.2 Å². The van der Waals surface area contributed by atoms with E-state index in [1.54, 1.807) is 36.9 Å². The summed E-state index contributed by atoms with van der Waals surface area (Å²) in [6, 6.07) is 7.28.